The van der Waals surface area contributed by atoms with Crippen molar-refractivity contribution < 1.29 is 0 Å². The molecule has 0 bridgehead atoms. The lowest BCUT2D eigenvalue weighted by atomic mass is 10.3. The number of nitrogens with two attached hydrogens (primary N) is 1. The van der Waals surface area contributed by atoms with Crippen LogP contribution in [0.3, 0.4) is 0 Å². The van der Waals surface area contributed by atoms with Gasteiger partial charge in [-0.3, -0.25) is 9.25 Å². The monoisotopic (exact) mass is 278 g/mol. The molecule has 20 heavy (non-hydrogen) atoms. The van der Waals surface area contributed by atoms with E-state index in [2.05, 4.69) is 40.3 Å². The van der Waals surface area contributed by atoms with Gasteiger partial charge in [0.15, 0.2) is 5.65 Å². The third-order valence-electron chi connectivity index (χ3n) is 3.78. The number of anilines is 1. The predicted octanol–water partition coefficient (Wildman–Crippen LogP) is 1.65. The van der Waals surface area contributed by atoms with Gasteiger partial charge in [0, 0.05) is 20.1 Å². The lowest BCUT2D eigenvalue weighted by molar-refractivity contribution is 0.278. The summed E-state index contributed by atoms with van der Waals surface area (Å²) in [5, 5.41) is 4.52. The van der Waals surface area contributed by atoms with Gasteiger partial charge in [-0.1, -0.05) is 20.8 Å². The largest absolute Gasteiger partial charge is 0.369 e. The highest BCUT2D eigenvalue weighted by molar-refractivity contribution is 5.77. The average molecular weight is 278 g/mol. The Morgan fingerprint density at radius 3 is 2.55 bits per heavy atom. The van der Waals surface area contributed by atoms with E-state index in [0.29, 0.717) is 5.95 Å². The van der Waals surface area contributed by atoms with Gasteiger partial charge in [0.2, 0.25) is 5.95 Å². The molecule has 2 heterocycles. The van der Waals surface area contributed by atoms with Gasteiger partial charge < -0.3 is 10.6 Å². The number of likely N-dealkylation sites (N-methyl/N-ethyl adjacent to an activating group) is 1. The minimum atomic E-state index is 0.593. The molecule has 0 aliphatic heterocycles. The molecule has 0 fully saturated rings. The van der Waals surface area contributed by atoms with Crippen molar-refractivity contribution in [2.24, 2.45) is 7.05 Å². The van der Waals surface area contributed by atoms with Crippen molar-refractivity contribution in [1.29, 1.82) is 0 Å². The topological polar surface area (TPSA) is 64.9 Å². The number of rotatable bonds is 7. The van der Waals surface area contributed by atoms with Crippen molar-refractivity contribution in [3.05, 3.63) is 5.69 Å². The summed E-state index contributed by atoms with van der Waals surface area (Å²) in [7, 11) is 1.96. The van der Waals surface area contributed by atoms with Crippen LogP contribution in [0.4, 0.5) is 5.95 Å². The van der Waals surface area contributed by atoms with Crippen LogP contribution in [0.1, 0.15) is 32.9 Å². The molecule has 0 saturated carbocycles. The number of hydrogen-bond donors (Lipinski definition) is 1. The molecule has 0 aliphatic rings. The maximum Gasteiger partial charge on any atom is 0.202 e. The first-order valence-electron chi connectivity index (χ1n) is 7.52. The second-order valence-electron chi connectivity index (χ2n) is 5.15. The Balaban J connectivity index is 2.25. The molecule has 0 spiro atoms. The molecular weight excluding hydrogens is 252 g/mol. The lowest BCUT2D eigenvalue weighted by Gasteiger charge is -2.20. The van der Waals surface area contributed by atoms with Gasteiger partial charge in [-0.05, 0) is 25.9 Å². The second kappa shape index (κ2) is 6.26. The van der Waals surface area contributed by atoms with Gasteiger partial charge >= 0.3 is 0 Å². The molecule has 6 heteroatoms. The Hall–Kier alpha value is -1.56. The highest BCUT2D eigenvalue weighted by Gasteiger charge is 2.17. The number of imidazole rings is 1. The fraction of sp³-hybridized carbons (Fsp3) is 0.714. The quantitative estimate of drug-likeness (QED) is 0.836. The first-order chi connectivity index (χ1) is 9.62. The Labute approximate surface area is 120 Å². The van der Waals surface area contributed by atoms with Gasteiger partial charge in [-0.25, -0.2) is 4.98 Å². The highest BCUT2D eigenvalue weighted by atomic mass is 15.4. The molecule has 2 aromatic heterocycles. The number of fused-ring (bicyclic) bond motifs is 1. The van der Waals surface area contributed by atoms with Gasteiger partial charge in [0.25, 0.3) is 0 Å². The summed E-state index contributed by atoms with van der Waals surface area (Å²) < 4.78 is 3.98. The Morgan fingerprint density at radius 2 is 1.95 bits per heavy atom. The van der Waals surface area contributed by atoms with Crippen molar-refractivity contribution in [2.75, 3.05) is 25.4 Å². The van der Waals surface area contributed by atoms with E-state index in [-0.39, 0.29) is 0 Å². The Bertz CT molecular complexity index is 568. The molecule has 0 amide bonds. The zero-order chi connectivity index (χ0) is 14.7. The van der Waals surface area contributed by atoms with Crippen LogP contribution in [0.5, 0.6) is 0 Å². The molecule has 112 valence electrons. The Kier molecular flexibility index (Phi) is 4.65. The van der Waals surface area contributed by atoms with E-state index in [9.17, 15) is 0 Å². The van der Waals surface area contributed by atoms with E-state index in [1.807, 2.05) is 11.7 Å². The van der Waals surface area contributed by atoms with Crippen LogP contribution in [0.25, 0.3) is 11.2 Å². The van der Waals surface area contributed by atoms with E-state index in [1.165, 1.54) is 6.42 Å². The summed E-state index contributed by atoms with van der Waals surface area (Å²) in [4.78, 5) is 6.93. The van der Waals surface area contributed by atoms with E-state index in [1.54, 1.807) is 0 Å². The molecule has 0 radical (unpaired) electrons. The normalized spacial score (nSPS) is 11.8. The molecule has 0 saturated heterocycles. The molecule has 2 rings (SSSR count). The maximum atomic E-state index is 6.08. The number of aryl methyl sites for hydroxylation is 2. The first kappa shape index (κ1) is 14.8. The summed E-state index contributed by atoms with van der Waals surface area (Å²) in [5.41, 5.74) is 9.09. The standard InChI is InChI=1S/C14H26N6/c1-5-8-19(7-3)9-10-20-13-12(16-14(20)15)11(6-2)17-18(13)4/h5-10H2,1-4H3,(H2,15,16). The lowest BCUT2D eigenvalue weighted by Crippen LogP contribution is -2.28. The third kappa shape index (κ3) is 2.65. The van der Waals surface area contributed by atoms with Crippen LogP contribution in [0.2, 0.25) is 0 Å². The minimum Gasteiger partial charge on any atom is -0.369 e. The fourth-order valence-corrected chi connectivity index (χ4v) is 2.70. The SMILES string of the molecule is CCCN(CC)CCn1c(N)nc2c(CC)nn(C)c21. The maximum absolute atomic E-state index is 6.08. The van der Waals surface area contributed by atoms with E-state index in [4.69, 9.17) is 5.73 Å². The van der Waals surface area contributed by atoms with Crippen molar-refractivity contribution in [2.45, 2.75) is 40.2 Å². The zero-order valence-electron chi connectivity index (χ0n) is 13.1. The van der Waals surface area contributed by atoms with Crippen LogP contribution in [0, 0.1) is 0 Å². The first-order valence-corrected chi connectivity index (χ1v) is 7.52. The Morgan fingerprint density at radius 1 is 1.20 bits per heavy atom. The third-order valence-corrected chi connectivity index (χ3v) is 3.78. The summed E-state index contributed by atoms with van der Waals surface area (Å²) in [5.74, 6) is 0.593. The number of hydrogen-bond acceptors (Lipinski definition) is 4. The molecule has 2 N–H and O–H groups in total. The second-order valence-corrected chi connectivity index (χ2v) is 5.15. The van der Waals surface area contributed by atoms with Crippen LogP contribution < -0.4 is 5.73 Å². The number of aromatic nitrogens is 4. The minimum absolute atomic E-state index is 0.593. The van der Waals surface area contributed by atoms with Gasteiger partial charge in [-0.15, -0.1) is 0 Å². The van der Waals surface area contributed by atoms with Crippen molar-refractivity contribution in [3.8, 4) is 0 Å². The molecular formula is C14H26N6. The molecule has 0 aromatic carbocycles. The van der Waals surface area contributed by atoms with Crippen molar-refractivity contribution >= 4 is 17.1 Å². The fourth-order valence-electron chi connectivity index (χ4n) is 2.70. The summed E-state index contributed by atoms with van der Waals surface area (Å²) >= 11 is 0. The van der Waals surface area contributed by atoms with Gasteiger partial charge in [-0.2, -0.15) is 5.10 Å². The van der Waals surface area contributed by atoms with Gasteiger partial charge in [0.05, 0.1) is 5.69 Å². The number of nitrogen functional groups attached to an aromatic ring is 1. The molecule has 0 aliphatic carbocycles. The molecule has 6 nitrogen and oxygen atoms in total. The van der Waals surface area contributed by atoms with E-state index < -0.39 is 0 Å². The predicted molar refractivity (Wildman–Crippen MR) is 82.7 cm³/mol. The summed E-state index contributed by atoms with van der Waals surface area (Å²) in [6, 6.07) is 0. The molecule has 0 unspecified atom stereocenters. The molecule has 0 atom stereocenters. The number of nitrogens with zero attached hydrogens (tertiary/aromatic N) is 5. The summed E-state index contributed by atoms with van der Waals surface area (Å²) in [6.07, 6.45) is 2.05. The van der Waals surface area contributed by atoms with E-state index >= 15 is 0 Å². The highest BCUT2D eigenvalue weighted by Crippen LogP contribution is 2.21. The van der Waals surface area contributed by atoms with Crippen LogP contribution >= 0.6 is 0 Å². The smallest absolute Gasteiger partial charge is 0.202 e. The van der Waals surface area contributed by atoms with E-state index in [0.717, 1.165) is 49.5 Å². The average Bonchev–Trinajstić information content (AvgIpc) is 2.92. The van der Waals surface area contributed by atoms with Gasteiger partial charge in [0.1, 0.15) is 5.52 Å². The van der Waals surface area contributed by atoms with Crippen LogP contribution in [-0.2, 0) is 20.0 Å². The van der Waals surface area contributed by atoms with Crippen LogP contribution in [-0.4, -0.2) is 43.9 Å². The van der Waals surface area contributed by atoms with Crippen molar-refractivity contribution in [1.82, 2.24) is 24.2 Å². The van der Waals surface area contributed by atoms with Crippen molar-refractivity contribution in [3.63, 3.8) is 0 Å². The molecule has 2 aromatic rings. The van der Waals surface area contributed by atoms with Crippen LogP contribution in [0.15, 0.2) is 0 Å². The zero-order valence-corrected chi connectivity index (χ0v) is 13.1. The summed E-state index contributed by atoms with van der Waals surface area (Å²) in [6.45, 7) is 10.5.